The van der Waals surface area contributed by atoms with Gasteiger partial charge in [0.15, 0.2) is 0 Å². The van der Waals surface area contributed by atoms with Gasteiger partial charge in [0.2, 0.25) is 10.0 Å². The molecular weight excluding hydrogens is 268 g/mol. The van der Waals surface area contributed by atoms with Gasteiger partial charge in [-0.3, -0.25) is 9.78 Å². The van der Waals surface area contributed by atoms with E-state index in [0.29, 0.717) is 10.9 Å². The van der Waals surface area contributed by atoms with Crippen LogP contribution in [0.15, 0.2) is 41.4 Å². The minimum atomic E-state index is -3.92. The minimum absolute atomic E-state index is 0.0290. The predicted molar refractivity (Wildman–Crippen MR) is 69.2 cm³/mol. The molecule has 0 radical (unpaired) electrons. The smallest absolute Gasteiger partial charge is 0.321 e. The minimum Gasteiger partial charge on any atom is -0.480 e. The molecule has 2 aromatic rings. The molecule has 100 valence electrons. The van der Waals surface area contributed by atoms with Crippen LogP contribution in [0, 0.1) is 0 Å². The molecule has 7 heteroatoms. The maximum Gasteiger partial charge on any atom is 0.321 e. The van der Waals surface area contributed by atoms with E-state index in [1.54, 1.807) is 24.3 Å². The fourth-order valence-electron chi connectivity index (χ4n) is 1.64. The number of aliphatic carboxylic acids is 1. The Bertz CT molecular complexity index is 722. The third kappa shape index (κ3) is 2.72. The van der Waals surface area contributed by atoms with Gasteiger partial charge < -0.3 is 5.11 Å². The molecule has 1 unspecified atom stereocenters. The van der Waals surface area contributed by atoms with Crippen LogP contribution in [0.2, 0.25) is 0 Å². The Morgan fingerprint density at radius 3 is 2.68 bits per heavy atom. The number of carboxylic acids is 1. The topological polar surface area (TPSA) is 96.4 Å². The van der Waals surface area contributed by atoms with Crippen molar-refractivity contribution >= 4 is 26.9 Å². The molecule has 0 aliphatic carbocycles. The third-order valence-corrected chi connectivity index (χ3v) is 4.16. The van der Waals surface area contributed by atoms with Gasteiger partial charge in [-0.05, 0) is 19.1 Å². The van der Waals surface area contributed by atoms with Crippen LogP contribution >= 0.6 is 0 Å². The number of para-hydroxylation sites is 1. The maximum atomic E-state index is 12.1. The lowest BCUT2D eigenvalue weighted by atomic mass is 10.2. The summed E-state index contributed by atoms with van der Waals surface area (Å²) in [6, 6.07) is 6.95. The summed E-state index contributed by atoms with van der Waals surface area (Å²) in [7, 11) is -3.92. The summed E-state index contributed by atoms with van der Waals surface area (Å²) in [6.45, 7) is 1.26. The van der Waals surface area contributed by atoms with Crippen molar-refractivity contribution in [3.05, 3.63) is 36.5 Å². The highest BCUT2D eigenvalue weighted by atomic mass is 32.2. The van der Waals surface area contributed by atoms with Crippen molar-refractivity contribution < 1.29 is 18.3 Å². The molecule has 0 fully saturated rings. The lowest BCUT2D eigenvalue weighted by Crippen LogP contribution is -2.38. The van der Waals surface area contributed by atoms with Gasteiger partial charge in [-0.1, -0.05) is 18.2 Å². The quantitative estimate of drug-likeness (QED) is 0.870. The van der Waals surface area contributed by atoms with E-state index in [-0.39, 0.29) is 4.90 Å². The summed E-state index contributed by atoms with van der Waals surface area (Å²) in [4.78, 5) is 14.7. The number of carbonyl (C=O) groups is 1. The zero-order valence-electron chi connectivity index (χ0n) is 10.1. The second kappa shape index (κ2) is 4.94. The van der Waals surface area contributed by atoms with E-state index in [1.165, 1.54) is 19.2 Å². The standard InChI is InChI=1S/C12H12N2O4S/c1-8(12(15)16)14-19(17,18)10-6-2-4-9-5-3-7-13-11(9)10/h2-8,14H,1H3,(H,15,16). The number of fused-ring (bicyclic) bond motifs is 1. The summed E-state index contributed by atoms with van der Waals surface area (Å²) in [6.07, 6.45) is 1.49. The van der Waals surface area contributed by atoms with Gasteiger partial charge in [0.1, 0.15) is 10.9 Å². The Kier molecular flexibility index (Phi) is 3.50. The monoisotopic (exact) mass is 280 g/mol. The van der Waals surface area contributed by atoms with Gasteiger partial charge in [-0.2, -0.15) is 4.72 Å². The normalized spacial score (nSPS) is 13.3. The van der Waals surface area contributed by atoms with Crippen molar-refractivity contribution in [3.63, 3.8) is 0 Å². The summed E-state index contributed by atoms with van der Waals surface area (Å²) < 4.78 is 26.4. The second-order valence-electron chi connectivity index (χ2n) is 4.01. The van der Waals surface area contributed by atoms with Crippen LogP contribution in [0.5, 0.6) is 0 Å². The molecule has 0 aliphatic heterocycles. The zero-order valence-corrected chi connectivity index (χ0v) is 10.9. The highest BCUT2D eigenvalue weighted by Gasteiger charge is 2.23. The molecule has 6 nitrogen and oxygen atoms in total. The number of sulfonamides is 1. The SMILES string of the molecule is CC(NS(=O)(=O)c1cccc2cccnc12)C(=O)O. The van der Waals surface area contributed by atoms with Gasteiger partial charge in [-0.15, -0.1) is 0 Å². The summed E-state index contributed by atoms with van der Waals surface area (Å²) >= 11 is 0. The first kappa shape index (κ1) is 13.4. The number of nitrogens with one attached hydrogen (secondary N) is 1. The zero-order chi connectivity index (χ0) is 14.0. The summed E-state index contributed by atoms with van der Waals surface area (Å²) in [5, 5.41) is 9.44. The highest BCUT2D eigenvalue weighted by Crippen LogP contribution is 2.20. The number of carboxylic acid groups (broad SMARTS) is 1. The molecule has 0 saturated carbocycles. The van der Waals surface area contributed by atoms with Crippen molar-refractivity contribution in [1.82, 2.24) is 9.71 Å². The molecule has 0 spiro atoms. The van der Waals surface area contributed by atoms with E-state index in [0.717, 1.165) is 0 Å². The van der Waals surface area contributed by atoms with Crippen molar-refractivity contribution in [2.45, 2.75) is 17.9 Å². The van der Waals surface area contributed by atoms with Crippen LogP contribution < -0.4 is 4.72 Å². The average Bonchev–Trinajstić information content (AvgIpc) is 2.37. The Morgan fingerprint density at radius 2 is 2.00 bits per heavy atom. The third-order valence-electron chi connectivity index (χ3n) is 2.59. The predicted octanol–water partition coefficient (Wildman–Crippen LogP) is 0.986. The van der Waals surface area contributed by atoms with Crippen LogP contribution in [-0.2, 0) is 14.8 Å². The average molecular weight is 280 g/mol. The van der Waals surface area contributed by atoms with Crippen molar-refractivity contribution in [2.24, 2.45) is 0 Å². The molecular formula is C12H12N2O4S. The fraction of sp³-hybridized carbons (Fsp3) is 0.167. The summed E-state index contributed by atoms with van der Waals surface area (Å²) in [5.41, 5.74) is 0.315. The number of pyridine rings is 1. The number of benzene rings is 1. The first-order valence-corrected chi connectivity index (χ1v) is 6.99. The fourth-order valence-corrected chi connectivity index (χ4v) is 3.02. The molecule has 1 aromatic heterocycles. The van der Waals surface area contributed by atoms with Gasteiger partial charge >= 0.3 is 5.97 Å². The largest absolute Gasteiger partial charge is 0.480 e. The van der Waals surface area contributed by atoms with Crippen molar-refractivity contribution in [2.75, 3.05) is 0 Å². The molecule has 1 atom stereocenters. The van der Waals surface area contributed by atoms with Gasteiger partial charge in [0, 0.05) is 11.6 Å². The molecule has 1 heterocycles. The van der Waals surface area contributed by atoms with E-state index in [1.807, 2.05) is 0 Å². The molecule has 2 rings (SSSR count). The Balaban J connectivity index is 2.52. The molecule has 0 aliphatic rings. The number of hydrogen-bond donors (Lipinski definition) is 2. The van der Waals surface area contributed by atoms with Crippen LogP contribution in [-0.4, -0.2) is 30.5 Å². The first-order chi connectivity index (χ1) is 8.92. The number of hydrogen-bond acceptors (Lipinski definition) is 4. The van der Waals surface area contributed by atoms with E-state index >= 15 is 0 Å². The lowest BCUT2D eigenvalue weighted by molar-refractivity contribution is -0.138. The maximum absolute atomic E-state index is 12.1. The number of nitrogens with zero attached hydrogens (tertiary/aromatic N) is 1. The number of aromatic nitrogens is 1. The van der Waals surface area contributed by atoms with E-state index in [9.17, 15) is 13.2 Å². The van der Waals surface area contributed by atoms with Crippen LogP contribution in [0.25, 0.3) is 10.9 Å². The van der Waals surface area contributed by atoms with E-state index < -0.39 is 22.0 Å². The van der Waals surface area contributed by atoms with Crippen LogP contribution in [0.3, 0.4) is 0 Å². The highest BCUT2D eigenvalue weighted by molar-refractivity contribution is 7.89. The molecule has 2 N–H and O–H groups in total. The molecule has 0 saturated heterocycles. The molecule has 19 heavy (non-hydrogen) atoms. The van der Waals surface area contributed by atoms with Crippen LogP contribution in [0.1, 0.15) is 6.92 Å². The molecule has 1 aromatic carbocycles. The van der Waals surface area contributed by atoms with Gasteiger partial charge in [-0.25, -0.2) is 8.42 Å². The summed E-state index contributed by atoms with van der Waals surface area (Å²) in [5.74, 6) is -1.24. The number of rotatable bonds is 4. The molecule has 0 bridgehead atoms. The van der Waals surface area contributed by atoms with Gasteiger partial charge in [0.25, 0.3) is 0 Å². The van der Waals surface area contributed by atoms with Gasteiger partial charge in [0.05, 0.1) is 5.52 Å². The lowest BCUT2D eigenvalue weighted by Gasteiger charge is -2.11. The molecule has 0 amide bonds. The van der Waals surface area contributed by atoms with Crippen LogP contribution in [0.4, 0.5) is 0 Å². The Hall–Kier alpha value is -1.99. The van der Waals surface area contributed by atoms with Crippen molar-refractivity contribution in [1.29, 1.82) is 0 Å². The van der Waals surface area contributed by atoms with E-state index in [4.69, 9.17) is 5.11 Å². The Morgan fingerprint density at radius 1 is 1.32 bits per heavy atom. The van der Waals surface area contributed by atoms with E-state index in [2.05, 4.69) is 9.71 Å². The second-order valence-corrected chi connectivity index (χ2v) is 5.69. The van der Waals surface area contributed by atoms with Crippen molar-refractivity contribution in [3.8, 4) is 0 Å². The Labute approximate surface area is 110 Å². The first-order valence-electron chi connectivity index (χ1n) is 5.51.